The molecule has 2 heterocycles. The third-order valence-electron chi connectivity index (χ3n) is 6.00. The summed E-state index contributed by atoms with van der Waals surface area (Å²) in [5.41, 5.74) is 2.64. The second kappa shape index (κ2) is 11.8. The van der Waals surface area contributed by atoms with E-state index in [9.17, 15) is 9.59 Å². The highest BCUT2D eigenvalue weighted by Gasteiger charge is 2.34. The summed E-state index contributed by atoms with van der Waals surface area (Å²) in [5.74, 6) is 1.02. The van der Waals surface area contributed by atoms with Crippen LogP contribution in [0.1, 0.15) is 33.3 Å². The van der Waals surface area contributed by atoms with Crippen LogP contribution in [0.3, 0.4) is 0 Å². The molecule has 0 saturated heterocycles. The summed E-state index contributed by atoms with van der Waals surface area (Å²) >= 11 is 1.35. The molecule has 8 nitrogen and oxygen atoms in total. The molecule has 2 aromatic carbocycles. The summed E-state index contributed by atoms with van der Waals surface area (Å²) in [6.45, 7) is 0.522. The van der Waals surface area contributed by atoms with Gasteiger partial charge >= 0.3 is 0 Å². The van der Waals surface area contributed by atoms with Gasteiger partial charge in [0.05, 0.1) is 37.5 Å². The van der Waals surface area contributed by atoms with Crippen LogP contribution in [0.2, 0.25) is 0 Å². The Balaban J connectivity index is 1.62. The molecule has 0 N–H and O–H groups in total. The molecule has 0 radical (unpaired) electrons. The molecular weight excluding hydrogens is 478 g/mol. The van der Waals surface area contributed by atoms with E-state index < -0.39 is 0 Å². The highest BCUT2D eigenvalue weighted by Crippen LogP contribution is 2.34. The molecule has 0 spiro atoms. The van der Waals surface area contributed by atoms with Crippen molar-refractivity contribution in [2.45, 2.75) is 12.5 Å². The predicted molar refractivity (Wildman–Crippen MR) is 139 cm³/mol. The minimum absolute atomic E-state index is 0.105. The minimum Gasteiger partial charge on any atom is -0.497 e. The van der Waals surface area contributed by atoms with Gasteiger partial charge in [-0.1, -0.05) is 18.2 Å². The summed E-state index contributed by atoms with van der Waals surface area (Å²) in [6, 6.07) is 18.5. The Morgan fingerprint density at radius 3 is 2.25 bits per heavy atom. The lowest BCUT2D eigenvalue weighted by atomic mass is 9.98. The summed E-state index contributed by atoms with van der Waals surface area (Å²) in [4.78, 5) is 28.8. The molecule has 36 heavy (non-hydrogen) atoms. The fraction of sp³-hybridized carbons (Fsp3) is 0.296. The van der Waals surface area contributed by atoms with Gasteiger partial charge in [-0.2, -0.15) is 5.10 Å². The maximum atomic E-state index is 13.6. The fourth-order valence-electron chi connectivity index (χ4n) is 4.03. The zero-order valence-electron chi connectivity index (χ0n) is 20.5. The van der Waals surface area contributed by atoms with Crippen LogP contribution < -0.4 is 9.47 Å². The number of benzene rings is 2. The molecule has 1 aliphatic rings. The van der Waals surface area contributed by atoms with E-state index in [-0.39, 0.29) is 24.4 Å². The van der Waals surface area contributed by atoms with E-state index >= 15 is 0 Å². The van der Waals surface area contributed by atoms with Crippen LogP contribution in [0.4, 0.5) is 0 Å². The molecule has 0 fully saturated rings. The lowest BCUT2D eigenvalue weighted by molar-refractivity contribution is -0.133. The maximum absolute atomic E-state index is 13.6. The van der Waals surface area contributed by atoms with Crippen molar-refractivity contribution in [3.8, 4) is 11.5 Å². The Labute approximate surface area is 214 Å². The zero-order valence-corrected chi connectivity index (χ0v) is 21.4. The molecule has 3 aromatic rings. The first-order valence-corrected chi connectivity index (χ1v) is 12.4. The van der Waals surface area contributed by atoms with Crippen LogP contribution in [0, 0.1) is 0 Å². The molecule has 1 aliphatic heterocycles. The normalized spacial score (nSPS) is 14.9. The van der Waals surface area contributed by atoms with Crippen LogP contribution >= 0.6 is 11.3 Å². The number of hydrazone groups is 1. The Hall–Kier alpha value is -3.69. The molecule has 0 saturated carbocycles. The topological polar surface area (TPSA) is 80.7 Å². The number of thiophene rings is 1. The molecule has 188 valence electrons. The molecule has 9 heteroatoms. The van der Waals surface area contributed by atoms with Crippen LogP contribution in [0.15, 0.2) is 71.1 Å². The van der Waals surface area contributed by atoms with Crippen molar-refractivity contribution in [1.82, 2.24) is 9.91 Å². The Morgan fingerprint density at radius 2 is 1.67 bits per heavy atom. The summed E-state index contributed by atoms with van der Waals surface area (Å²) in [5, 5.41) is 8.08. The summed E-state index contributed by atoms with van der Waals surface area (Å²) < 4.78 is 15.8. The van der Waals surface area contributed by atoms with Crippen LogP contribution in [0.5, 0.6) is 11.5 Å². The van der Waals surface area contributed by atoms with Crippen molar-refractivity contribution in [2.24, 2.45) is 5.10 Å². The second-order valence-corrected chi connectivity index (χ2v) is 9.15. The van der Waals surface area contributed by atoms with E-state index in [1.807, 2.05) is 60.0 Å². The highest BCUT2D eigenvalue weighted by molar-refractivity contribution is 7.12. The number of methoxy groups -OCH3 is 3. The predicted octanol–water partition coefficient (Wildman–Crippen LogP) is 4.23. The van der Waals surface area contributed by atoms with Gasteiger partial charge in [0.1, 0.15) is 18.0 Å². The number of nitrogens with zero attached hydrogens (tertiary/aromatic N) is 3. The van der Waals surface area contributed by atoms with Crippen LogP contribution in [-0.2, 0) is 9.53 Å². The van der Waals surface area contributed by atoms with Gasteiger partial charge in [0.25, 0.3) is 11.8 Å². The van der Waals surface area contributed by atoms with Crippen molar-refractivity contribution in [1.29, 1.82) is 0 Å². The van der Waals surface area contributed by atoms with E-state index in [1.54, 1.807) is 27.4 Å². The molecule has 1 aromatic heterocycles. The quantitative estimate of drug-likeness (QED) is 0.410. The number of hydrogen-bond donors (Lipinski definition) is 0. The van der Waals surface area contributed by atoms with Crippen molar-refractivity contribution in [2.75, 3.05) is 41.0 Å². The molecular formula is C27H29N3O5S. The van der Waals surface area contributed by atoms with Gasteiger partial charge in [-0.15, -0.1) is 11.3 Å². The third-order valence-corrected chi connectivity index (χ3v) is 6.86. The van der Waals surface area contributed by atoms with Gasteiger partial charge in [-0.3, -0.25) is 9.59 Å². The third kappa shape index (κ3) is 5.75. The first-order chi connectivity index (χ1) is 17.5. The number of hydrogen-bond acceptors (Lipinski definition) is 7. The van der Waals surface area contributed by atoms with Crippen molar-refractivity contribution in [3.63, 3.8) is 0 Å². The number of ether oxygens (including phenoxy) is 3. The first kappa shape index (κ1) is 25.4. The van der Waals surface area contributed by atoms with E-state index in [2.05, 4.69) is 0 Å². The number of carbonyl (C=O) groups excluding carboxylic acids is 2. The number of carbonyl (C=O) groups is 2. The summed E-state index contributed by atoms with van der Waals surface area (Å²) in [7, 11) is 4.81. The lowest BCUT2D eigenvalue weighted by Gasteiger charge is -2.26. The van der Waals surface area contributed by atoms with Crippen LogP contribution in [0.25, 0.3) is 0 Å². The van der Waals surface area contributed by atoms with Crippen LogP contribution in [-0.4, -0.2) is 68.5 Å². The van der Waals surface area contributed by atoms with Gasteiger partial charge in [0.2, 0.25) is 0 Å². The molecule has 2 amide bonds. The zero-order chi connectivity index (χ0) is 25.5. The van der Waals surface area contributed by atoms with Crippen molar-refractivity contribution >= 4 is 28.9 Å². The van der Waals surface area contributed by atoms with Gasteiger partial charge < -0.3 is 19.1 Å². The number of rotatable bonds is 10. The van der Waals surface area contributed by atoms with Gasteiger partial charge in [-0.05, 0) is 59.0 Å². The molecule has 0 aliphatic carbocycles. The SMILES string of the molecule is COCCN(CC(=O)N1N=C(c2ccc(OC)cc2)C[C@H]1c1ccc(OC)cc1)C(=O)c1cccs1. The minimum atomic E-state index is -0.304. The largest absolute Gasteiger partial charge is 0.497 e. The van der Waals surface area contributed by atoms with E-state index in [4.69, 9.17) is 19.3 Å². The van der Waals surface area contributed by atoms with Crippen molar-refractivity contribution in [3.05, 3.63) is 82.0 Å². The standard InChI is InChI=1S/C27H29N3O5S/c1-33-15-14-29(27(32)25-5-4-16-36-25)18-26(31)30-24(20-8-12-22(35-3)13-9-20)17-23(28-30)19-6-10-21(34-2)11-7-19/h4-13,16,24H,14-15,17-18H2,1-3H3/t24-/m0/s1. The Morgan fingerprint density at radius 1 is 1.00 bits per heavy atom. The smallest absolute Gasteiger partial charge is 0.264 e. The fourth-order valence-corrected chi connectivity index (χ4v) is 4.72. The van der Waals surface area contributed by atoms with Gasteiger partial charge in [0.15, 0.2) is 0 Å². The first-order valence-electron chi connectivity index (χ1n) is 11.5. The second-order valence-electron chi connectivity index (χ2n) is 8.20. The molecule has 4 rings (SSSR count). The Kier molecular flexibility index (Phi) is 8.35. The Bertz CT molecular complexity index is 1190. The van der Waals surface area contributed by atoms with E-state index in [0.29, 0.717) is 24.4 Å². The van der Waals surface area contributed by atoms with E-state index in [0.717, 1.165) is 28.3 Å². The highest BCUT2D eigenvalue weighted by atomic mass is 32.1. The number of amides is 2. The molecule has 0 bridgehead atoms. The lowest BCUT2D eigenvalue weighted by Crippen LogP contribution is -2.42. The van der Waals surface area contributed by atoms with Gasteiger partial charge in [0, 0.05) is 20.1 Å². The van der Waals surface area contributed by atoms with Crippen molar-refractivity contribution < 1.29 is 23.8 Å². The van der Waals surface area contributed by atoms with Gasteiger partial charge in [-0.25, -0.2) is 5.01 Å². The summed E-state index contributed by atoms with van der Waals surface area (Å²) in [6.07, 6.45) is 0.543. The average Bonchev–Trinajstić information content (AvgIpc) is 3.62. The average molecular weight is 508 g/mol. The maximum Gasteiger partial charge on any atom is 0.264 e. The van der Waals surface area contributed by atoms with E-state index in [1.165, 1.54) is 21.2 Å². The molecule has 1 atom stereocenters. The monoisotopic (exact) mass is 507 g/mol. The molecule has 0 unspecified atom stereocenters.